The number of anilines is 1. The van der Waals surface area contributed by atoms with Crippen LogP contribution in [0.15, 0.2) is 12.1 Å². The van der Waals surface area contributed by atoms with Crippen molar-refractivity contribution in [1.82, 2.24) is 0 Å². The van der Waals surface area contributed by atoms with Gasteiger partial charge in [-0.15, -0.1) is 0 Å². The number of rotatable bonds is 7. The molecule has 0 saturated heterocycles. The van der Waals surface area contributed by atoms with Crippen molar-refractivity contribution < 1.29 is 18.3 Å². The fourth-order valence-corrected chi connectivity index (χ4v) is 1.92. The SMILES string of the molecule is CCCCCCC(C)OC(=O)c1cc(F)cc(N)c1F. The molecular weight excluding hydrogens is 264 g/mol. The van der Waals surface area contributed by atoms with Crippen molar-refractivity contribution in [3.63, 3.8) is 0 Å². The van der Waals surface area contributed by atoms with E-state index >= 15 is 0 Å². The maximum atomic E-state index is 13.6. The molecule has 0 radical (unpaired) electrons. The summed E-state index contributed by atoms with van der Waals surface area (Å²) in [4.78, 5) is 11.8. The number of nitrogens with two attached hydrogens (primary N) is 1. The molecule has 1 aromatic carbocycles. The van der Waals surface area contributed by atoms with Crippen LogP contribution in [-0.4, -0.2) is 12.1 Å². The van der Waals surface area contributed by atoms with Crippen LogP contribution in [0.25, 0.3) is 0 Å². The number of carbonyl (C=O) groups excluding carboxylic acids is 1. The molecule has 5 heteroatoms. The van der Waals surface area contributed by atoms with Crippen molar-refractivity contribution in [2.75, 3.05) is 5.73 Å². The Morgan fingerprint density at radius 1 is 1.30 bits per heavy atom. The first-order valence-electron chi connectivity index (χ1n) is 6.91. The number of hydrogen-bond donors (Lipinski definition) is 1. The van der Waals surface area contributed by atoms with Crippen LogP contribution < -0.4 is 5.73 Å². The van der Waals surface area contributed by atoms with Gasteiger partial charge in [0.05, 0.1) is 11.8 Å². The van der Waals surface area contributed by atoms with Gasteiger partial charge >= 0.3 is 5.97 Å². The number of halogens is 2. The zero-order valence-corrected chi connectivity index (χ0v) is 11.9. The lowest BCUT2D eigenvalue weighted by molar-refractivity contribution is 0.0313. The smallest absolute Gasteiger partial charge is 0.341 e. The number of unbranched alkanes of at least 4 members (excludes halogenated alkanes) is 3. The molecule has 112 valence electrons. The average molecular weight is 285 g/mol. The van der Waals surface area contributed by atoms with Gasteiger partial charge in [0.2, 0.25) is 0 Å². The molecule has 1 unspecified atom stereocenters. The molecule has 0 saturated carbocycles. The first kappa shape index (κ1) is 16.4. The second-order valence-corrected chi connectivity index (χ2v) is 4.92. The van der Waals surface area contributed by atoms with Gasteiger partial charge in [-0.2, -0.15) is 0 Å². The molecule has 2 N–H and O–H groups in total. The van der Waals surface area contributed by atoms with Crippen molar-refractivity contribution in [2.45, 2.75) is 52.1 Å². The Labute approximate surface area is 118 Å². The van der Waals surface area contributed by atoms with E-state index in [0.29, 0.717) is 6.42 Å². The monoisotopic (exact) mass is 285 g/mol. The topological polar surface area (TPSA) is 52.3 Å². The van der Waals surface area contributed by atoms with E-state index in [0.717, 1.165) is 37.8 Å². The fraction of sp³-hybridized carbons (Fsp3) is 0.533. The van der Waals surface area contributed by atoms with E-state index in [2.05, 4.69) is 6.92 Å². The van der Waals surface area contributed by atoms with Gasteiger partial charge in [-0.05, 0) is 31.9 Å². The second-order valence-electron chi connectivity index (χ2n) is 4.92. The van der Waals surface area contributed by atoms with Gasteiger partial charge in [-0.3, -0.25) is 0 Å². The van der Waals surface area contributed by atoms with Crippen molar-refractivity contribution in [1.29, 1.82) is 0 Å². The molecule has 0 spiro atoms. The van der Waals surface area contributed by atoms with Crippen molar-refractivity contribution in [2.24, 2.45) is 0 Å². The highest BCUT2D eigenvalue weighted by Crippen LogP contribution is 2.19. The molecular formula is C15H21F2NO2. The average Bonchev–Trinajstić information content (AvgIpc) is 2.38. The summed E-state index contributed by atoms with van der Waals surface area (Å²) in [6.45, 7) is 3.85. The van der Waals surface area contributed by atoms with E-state index in [4.69, 9.17) is 10.5 Å². The van der Waals surface area contributed by atoms with Crippen LogP contribution in [0, 0.1) is 11.6 Å². The summed E-state index contributed by atoms with van der Waals surface area (Å²) in [6, 6.07) is 1.64. The fourth-order valence-electron chi connectivity index (χ4n) is 1.92. The van der Waals surface area contributed by atoms with Crippen molar-refractivity contribution in [3.8, 4) is 0 Å². The Hall–Kier alpha value is -1.65. The minimum Gasteiger partial charge on any atom is -0.459 e. The van der Waals surface area contributed by atoms with Gasteiger partial charge < -0.3 is 10.5 Å². The third-order valence-electron chi connectivity index (χ3n) is 3.06. The Kier molecular flexibility index (Phi) is 6.42. The Balaban J connectivity index is 2.58. The molecule has 1 atom stereocenters. The van der Waals surface area contributed by atoms with Crippen LogP contribution in [0.5, 0.6) is 0 Å². The summed E-state index contributed by atoms with van der Waals surface area (Å²) in [6.07, 6.45) is 4.65. The summed E-state index contributed by atoms with van der Waals surface area (Å²) in [7, 11) is 0. The predicted molar refractivity (Wildman–Crippen MR) is 74.4 cm³/mol. The molecule has 0 amide bonds. The lowest BCUT2D eigenvalue weighted by Crippen LogP contribution is -2.17. The third kappa shape index (κ3) is 4.79. The third-order valence-corrected chi connectivity index (χ3v) is 3.06. The Morgan fingerprint density at radius 2 is 2.00 bits per heavy atom. The van der Waals surface area contributed by atoms with Crippen LogP contribution >= 0.6 is 0 Å². The summed E-state index contributed by atoms with van der Waals surface area (Å²) in [5.41, 5.74) is 4.43. The first-order valence-corrected chi connectivity index (χ1v) is 6.91. The normalized spacial score (nSPS) is 12.2. The van der Waals surface area contributed by atoms with Crippen LogP contribution in [0.3, 0.4) is 0 Å². The Bertz CT molecular complexity index is 463. The molecule has 0 aromatic heterocycles. The summed E-state index contributed by atoms with van der Waals surface area (Å²) in [5.74, 6) is -2.57. The lowest BCUT2D eigenvalue weighted by atomic mass is 10.1. The molecule has 0 aliphatic rings. The molecule has 3 nitrogen and oxygen atoms in total. The predicted octanol–water partition coefficient (Wildman–Crippen LogP) is 4.06. The number of carbonyl (C=O) groups is 1. The zero-order valence-electron chi connectivity index (χ0n) is 11.9. The number of ether oxygens (including phenoxy) is 1. The first-order chi connectivity index (χ1) is 9.45. The van der Waals surface area contributed by atoms with E-state index in [1.54, 1.807) is 6.92 Å². The highest BCUT2D eigenvalue weighted by molar-refractivity contribution is 5.91. The molecule has 0 aliphatic carbocycles. The van der Waals surface area contributed by atoms with Crippen molar-refractivity contribution >= 4 is 11.7 Å². The second kappa shape index (κ2) is 7.82. The number of nitrogen functional groups attached to an aromatic ring is 1. The highest BCUT2D eigenvalue weighted by atomic mass is 19.1. The zero-order chi connectivity index (χ0) is 15.1. The molecule has 0 aliphatic heterocycles. The molecule has 20 heavy (non-hydrogen) atoms. The number of hydrogen-bond acceptors (Lipinski definition) is 3. The van der Waals surface area contributed by atoms with Crippen molar-refractivity contribution in [3.05, 3.63) is 29.3 Å². The molecule has 1 rings (SSSR count). The maximum absolute atomic E-state index is 13.6. The molecule has 0 bridgehead atoms. The minimum absolute atomic E-state index is 0.330. The number of benzene rings is 1. The standard InChI is InChI=1S/C15H21F2NO2/c1-3-4-5-6-7-10(2)20-15(19)12-8-11(16)9-13(18)14(12)17/h8-10H,3-7,18H2,1-2H3. The molecule has 0 fully saturated rings. The van der Waals surface area contributed by atoms with Crippen LogP contribution in [0.2, 0.25) is 0 Å². The summed E-state index contributed by atoms with van der Waals surface area (Å²) in [5, 5.41) is 0. The highest BCUT2D eigenvalue weighted by Gasteiger charge is 2.19. The van der Waals surface area contributed by atoms with E-state index in [1.165, 1.54) is 0 Å². The van der Waals surface area contributed by atoms with E-state index in [1.807, 2.05) is 0 Å². The van der Waals surface area contributed by atoms with Gasteiger partial charge in [0.25, 0.3) is 0 Å². The van der Waals surface area contributed by atoms with Gasteiger partial charge in [-0.1, -0.05) is 26.2 Å². The van der Waals surface area contributed by atoms with Crippen LogP contribution in [0.4, 0.5) is 14.5 Å². The largest absolute Gasteiger partial charge is 0.459 e. The molecule has 1 aromatic rings. The van der Waals surface area contributed by atoms with E-state index in [9.17, 15) is 13.6 Å². The summed E-state index contributed by atoms with van der Waals surface area (Å²) >= 11 is 0. The van der Waals surface area contributed by atoms with E-state index in [-0.39, 0.29) is 6.10 Å². The summed E-state index contributed by atoms with van der Waals surface area (Å²) < 4.78 is 31.9. The Morgan fingerprint density at radius 3 is 2.65 bits per heavy atom. The van der Waals surface area contributed by atoms with Gasteiger partial charge in [0.1, 0.15) is 11.4 Å². The van der Waals surface area contributed by atoms with Crippen LogP contribution in [-0.2, 0) is 4.74 Å². The molecule has 0 heterocycles. The van der Waals surface area contributed by atoms with Gasteiger partial charge in [0.15, 0.2) is 5.82 Å². The van der Waals surface area contributed by atoms with Gasteiger partial charge in [-0.25, -0.2) is 13.6 Å². The minimum atomic E-state index is -0.936. The van der Waals surface area contributed by atoms with Gasteiger partial charge in [0, 0.05) is 0 Å². The van der Waals surface area contributed by atoms with E-state index < -0.39 is 28.9 Å². The number of esters is 1. The van der Waals surface area contributed by atoms with Crippen LogP contribution in [0.1, 0.15) is 56.3 Å². The lowest BCUT2D eigenvalue weighted by Gasteiger charge is -2.14. The quantitative estimate of drug-likeness (QED) is 0.467. The maximum Gasteiger partial charge on any atom is 0.341 e.